The number of hydrogen-bond donors (Lipinski definition) is 1. The summed E-state index contributed by atoms with van der Waals surface area (Å²) in [6, 6.07) is 8.94. The molecule has 0 aromatic heterocycles. The molecule has 0 radical (unpaired) electrons. The number of benzene rings is 1. The summed E-state index contributed by atoms with van der Waals surface area (Å²) < 4.78 is 9.94. The molecule has 1 aromatic carbocycles. The first-order valence-electron chi connectivity index (χ1n) is 9.39. The second-order valence-electron chi connectivity index (χ2n) is 7.85. The van der Waals surface area contributed by atoms with E-state index in [4.69, 9.17) is 9.47 Å². The van der Waals surface area contributed by atoms with Gasteiger partial charge in [0.1, 0.15) is 11.6 Å². The van der Waals surface area contributed by atoms with Gasteiger partial charge in [0.2, 0.25) is 5.91 Å². The first kappa shape index (κ1) is 23.5. The van der Waals surface area contributed by atoms with Crippen molar-refractivity contribution in [1.82, 2.24) is 10.2 Å². The van der Waals surface area contributed by atoms with Crippen molar-refractivity contribution >= 4 is 18.0 Å². The number of alkyl carbamates (subject to hydrolysis) is 1. The van der Waals surface area contributed by atoms with Crippen molar-refractivity contribution < 1.29 is 23.9 Å². The Bertz CT molecular complexity index is 655. The van der Waals surface area contributed by atoms with Crippen LogP contribution in [0, 0.1) is 5.92 Å². The third-order valence-corrected chi connectivity index (χ3v) is 4.14. The Morgan fingerprint density at radius 2 is 1.75 bits per heavy atom. The van der Waals surface area contributed by atoms with Crippen LogP contribution in [-0.2, 0) is 25.5 Å². The van der Waals surface area contributed by atoms with E-state index < -0.39 is 29.6 Å². The van der Waals surface area contributed by atoms with Gasteiger partial charge >= 0.3 is 12.1 Å². The molecule has 28 heavy (non-hydrogen) atoms. The summed E-state index contributed by atoms with van der Waals surface area (Å²) in [6.45, 7) is 7.48. The van der Waals surface area contributed by atoms with Gasteiger partial charge in [-0.3, -0.25) is 4.79 Å². The topological polar surface area (TPSA) is 84.9 Å². The molecule has 2 atom stereocenters. The van der Waals surface area contributed by atoms with Gasteiger partial charge in [-0.25, -0.2) is 9.59 Å². The fraction of sp³-hybridized carbons (Fsp3) is 0.571. The molecule has 1 N–H and O–H groups in total. The van der Waals surface area contributed by atoms with Crippen LogP contribution < -0.4 is 5.32 Å². The summed E-state index contributed by atoms with van der Waals surface area (Å²) in [6.07, 6.45) is 0.146. The molecule has 7 nitrogen and oxygen atoms in total. The van der Waals surface area contributed by atoms with Crippen LogP contribution in [0.25, 0.3) is 0 Å². The minimum absolute atomic E-state index is 0.101. The van der Waals surface area contributed by atoms with Crippen molar-refractivity contribution in [3.05, 3.63) is 35.9 Å². The molecular formula is C21H32N2O5. The highest BCUT2D eigenvalue weighted by molar-refractivity contribution is 5.83. The number of likely N-dealkylation sites (N-methyl/N-ethyl adjacent to an activating group) is 1. The van der Waals surface area contributed by atoms with Crippen molar-refractivity contribution in [2.75, 3.05) is 20.7 Å². The third kappa shape index (κ3) is 8.41. The maximum atomic E-state index is 12.7. The molecule has 1 rings (SSSR count). The van der Waals surface area contributed by atoms with Gasteiger partial charge in [0, 0.05) is 19.5 Å². The highest BCUT2D eigenvalue weighted by Crippen LogP contribution is 2.13. The Morgan fingerprint density at radius 3 is 2.29 bits per heavy atom. The van der Waals surface area contributed by atoms with E-state index in [9.17, 15) is 14.4 Å². The molecule has 0 bridgehead atoms. The zero-order valence-electron chi connectivity index (χ0n) is 17.7. The number of carbonyl (C=O) groups is 3. The van der Waals surface area contributed by atoms with Crippen molar-refractivity contribution in [3.63, 3.8) is 0 Å². The fourth-order valence-corrected chi connectivity index (χ4v) is 2.69. The zero-order valence-corrected chi connectivity index (χ0v) is 17.7. The minimum Gasteiger partial charge on any atom is -0.467 e. The lowest BCUT2D eigenvalue weighted by Gasteiger charge is -2.26. The normalized spacial score (nSPS) is 13.2. The van der Waals surface area contributed by atoms with Crippen molar-refractivity contribution in [1.29, 1.82) is 0 Å². The van der Waals surface area contributed by atoms with E-state index in [1.165, 1.54) is 7.11 Å². The molecular weight excluding hydrogens is 360 g/mol. The summed E-state index contributed by atoms with van der Waals surface area (Å²) in [5.74, 6) is -1.19. The summed E-state index contributed by atoms with van der Waals surface area (Å²) in [5.41, 5.74) is 0.456. The number of rotatable bonds is 8. The van der Waals surface area contributed by atoms with Gasteiger partial charge in [0.05, 0.1) is 7.11 Å². The van der Waals surface area contributed by atoms with E-state index in [1.807, 2.05) is 30.3 Å². The quantitative estimate of drug-likeness (QED) is 0.688. The van der Waals surface area contributed by atoms with E-state index >= 15 is 0 Å². The molecule has 0 saturated heterocycles. The predicted octanol–water partition coefficient (Wildman–Crippen LogP) is 2.78. The molecule has 0 spiro atoms. The van der Waals surface area contributed by atoms with Crippen LogP contribution in [0.2, 0.25) is 0 Å². The molecule has 0 aliphatic rings. The first-order valence-corrected chi connectivity index (χ1v) is 9.39. The molecule has 1 unspecified atom stereocenters. The highest BCUT2D eigenvalue weighted by atomic mass is 16.6. The number of nitrogens with one attached hydrogen (secondary N) is 1. The standard InChI is InChI=1S/C21H32N2O5/c1-15(18(24)23(5)13-12-16-10-8-7-9-11-16)14-17(19(25)27-6)22-20(26)28-21(2,3)4/h7-11,15,17H,12-14H2,1-6H3,(H,22,26)/t15?,17-/m0/s1. The summed E-state index contributed by atoms with van der Waals surface area (Å²) in [7, 11) is 2.97. The Morgan fingerprint density at radius 1 is 1.14 bits per heavy atom. The van der Waals surface area contributed by atoms with Crippen LogP contribution in [-0.4, -0.2) is 55.2 Å². The van der Waals surface area contributed by atoms with Crippen LogP contribution in [0.3, 0.4) is 0 Å². The maximum absolute atomic E-state index is 12.7. The molecule has 156 valence electrons. The SMILES string of the molecule is COC(=O)[C@H](CC(C)C(=O)N(C)CCc1ccccc1)NC(=O)OC(C)(C)C. The van der Waals surface area contributed by atoms with Crippen molar-refractivity contribution in [2.24, 2.45) is 5.92 Å². The zero-order chi connectivity index (χ0) is 21.3. The third-order valence-electron chi connectivity index (χ3n) is 4.14. The Kier molecular flexibility index (Phi) is 8.96. The number of methoxy groups -OCH3 is 1. The van der Waals surface area contributed by atoms with E-state index in [1.54, 1.807) is 39.6 Å². The molecule has 7 heteroatoms. The molecule has 0 aliphatic carbocycles. The Balaban J connectivity index is 2.64. The van der Waals surface area contributed by atoms with E-state index in [0.717, 1.165) is 12.0 Å². The number of esters is 1. The molecule has 0 heterocycles. The van der Waals surface area contributed by atoms with E-state index in [2.05, 4.69) is 5.32 Å². The van der Waals surface area contributed by atoms with E-state index in [0.29, 0.717) is 6.54 Å². The van der Waals surface area contributed by atoms with Crippen LogP contribution in [0.5, 0.6) is 0 Å². The molecule has 0 aliphatic heterocycles. The van der Waals surface area contributed by atoms with Gasteiger partial charge in [-0.1, -0.05) is 37.3 Å². The van der Waals surface area contributed by atoms with Gasteiger partial charge in [-0.2, -0.15) is 0 Å². The molecule has 2 amide bonds. The number of nitrogens with zero attached hydrogens (tertiary/aromatic N) is 1. The second-order valence-corrected chi connectivity index (χ2v) is 7.85. The summed E-state index contributed by atoms with van der Waals surface area (Å²) in [5, 5.41) is 2.50. The van der Waals surface area contributed by atoms with Crippen LogP contribution in [0.1, 0.15) is 39.7 Å². The lowest BCUT2D eigenvalue weighted by molar-refractivity contribution is -0.144. The number of hydrogen-bond acceptors (Lipinski definition) is 5. The Hall–Kier alpha value is -2.57. The van der Waals surface area contributed by atoms with Crippen LogP contribution in [0.4, 0.5) is 4.79 Å². The largest absolute Gasteiger partial charge is 0.467 e. The van der Waals surface area contributed by atoms with Gasteiger partial charge < -0.3 is 19.7 Å². The lowest BCUT2D eigenvalue weighted by atomic mass is 10.00. The monoisotopic (exact) mass is 392 g/mol. The van der Waals surface area contributed by atoms with Crippen molar-refractivity contribution in [3.8, 4) is 0 Å². The maximum Gasteiger partial charge on any atom is 0.408 e. The van der Waals surface area contributed by atoms with Gasteiger partial charge in [-0.15, -0.1) is 0 Å². The fourth-order valence-electron chi connectivity index (χ4n) is 2.69. The first-order chi connectivity index (χ1) is 13.0. The number of carbonyl (C=O) groups excluding carboxylic acids is 3. The number of amides is 2. The van der Waals surface area contributed by atoms with Gasteiger partial charge in [0.25, 0.3) is 0 Å². The van der Waals surface area contributed by atoms with Crippen molar-refractivity contribution in [2.45, 2.75) is 52.2 Å². The van der Waals surface area contributed by atoms with Gasteiger partial charge in [-0.05, 0) is 39.2 Å². The molecule has 0 fully saturated rings. The average molecular weight is 392 g/mol. The van der Waals surface area contributed by atoms with E-state index in [-0.39, 0.29) is 12.3 Å². The molecule has 0 saturated carbocycles. The lowest BCUT2D eigenvalue weighted by Crippen LogP contribution is -2.46. The van der Waals surface area contributed by atoms with Gasteiger partial charge in [0.15, 0.2) is 0 Å². The van der Waals surface area contributed by atoms with Crippen LogP contribution in [0.15, 0.2) is 30.3 Å². The second kappa shape index (κ2) is 10.7. The minimum atomic E-state index is -0.957. The number of ether oxygens (including phenoxy) is 2. The Labute approximate surface area is 167 Å². The summed E-state index contributed by atoms with van der Waals surface area (Å²) >= 11 is 0. The summed E-state index contributed by atoms with van der Waals surface area (Å²) in [4.78, 5) is 38.3. The average Bonchev–Trinajstić information content (AvgIpc) is 2.63. The molecule has 1 aromatic rings. The highest BCUT2D eigenvalue weighted by Gasteiger charge is 2.29. The smallest absolute Gasteiger partial charge is 0.408 e. The van der Waals surface area contributed by atoms with Crippen LogP contribution >= 0.6 is 0 Å². The predicted molar refractivity (Wildman–Crippen MR) is 107 cm³/mol.